The van der Waals surface area contributed by atoms with Crippen LogP contribution in [-0.2, 0) is 6.61 Å². The van der Waals surface area contributed by atoms with Crippen molar-refractivity contribution in [2.45, 2.75) is 20.0 Å². The molecule has 0 atom stereocenters. The van der Waals surface area contributed by atoms with E-state index in [0.29, 0.717) is 5.69 Å². The highest BCUT2D eigenvalue weighted by atomic mass is 19.3. The summed E-state index contributed by atoms with van der Waals surface area (Å²) in [6, 6.07) is 1.66. The van der Waals surface area contributed by atoms with Gasteiger partial charge < -0.3 is 5.11 Å². The Morgan fingerprint density at radius 2 is 2.29 bits per heavy atom. The fourth-order valence-corrected chi connectivity index (χ4v) is 1.15. The smallest absolute Gasteiger partial charge is 0.266 e. The molecule has 1 rings (SSSR count). The van der Waals surface area contributed by atoms with Crippen molar-refractivity contribution in [1.29, 1.82) is 5.26 Å². The highest BCUT2D eigenvalue weighted by Crippen LogP contribution is 2.25. The Balaban J connectivity index is 3.43. The molecule has 0 saturated heterocycles. The van der Waals surface area contributed by atoms with E-state index in [1.165, 1.54) is 0 Å². The van der Waals surface area contributed by atoms with Crippen molar-refractivity contribution < 1.29 is 13.9 Å². The first-order chi connectivity index (χ1) is 6.61. The Labute approximate surface area is 79.6 Å². The molecule has 0 spiro atoms. The predicted molar refractivity (Wildman–Crippen MR) is 44.6 cm³/mol. The third-order valence-electron chi connectivity index (χ3n) is 1.93. The first-order valence-corrected chi connectivity index (χ1v) is 3.89. The maximum absolute atomic E-state index is 12.4. The second-order valence-corrected chi connectivity index (χ2v) is 2.72. The summed E-state index contributed by atoms with van der Waals surface area (Å²) in [6.07, 6.45) is -1.78. The normalized spacial score (nSPS) is 10.3. The van der Waals surface area contributed by atoms with Gasteiger partial charge in [0.25, 0.3) is 6.43 Å². The molecule has 0 unspecified atom stereocenters. The van der Waals surface area contributed by atoms with Gasteiger partial charge in [-0.1, -0.05) is 0 Å². The standard InChI is InChI=1S/C9H8F2N2O/c1-5-8(4-14)6(2-12)7(3-13-5)9(10)11/h3,9,14H,4H2,1H3. The van der Waals surface area contributed by atoms with Gasteiger partial charge in [-0.15, -0.1) is 0 Å². The van der Waals surface area contributed by atoms with Gasteiger partial charge in [0.1, 0.15) is 6.07 Å². The minimum atomic E-state index is -2.75. The van der Waals surface area contributed by atoms with E-state index in [9.17, 15) is 8.78 Å². The van der Waals surface area contributed by atoms with Gasteiger partial charge in [0.2, 0.25) is 0 Å². The summed E-state index contributed by atoms with van der Waals surface area (Å²) in [5.41, 5.74) is -0.0316. The van der Waals surface area contributed by atoms with Gasteiger partial charge in [-0.3, -0.25) is 4.98 Å². The first kappa shape index (κ1) is 10.5. The molecule has 1 aromatic heterocycles. The highest BCUT2D eigenvalue weighted by Gasteiger charge is 2.18. The van der Waals surface area contributed by atoms with Crippen molar-refractivity contribution in [3.8, 4) is 6.07 Å². The van der Waals surface area contributed by atoms with Gasteiger partial charge in [0, 0.05) is 17.5 Å². The maximum atomic E-state index is 12.4. The van der Waals surface area contributed by atoms with E-state index in [-0.39, 0.29) is 11.1 Å². The maximum Gasteiger partial charge on any atom is 0.266 e. The topological polar surface area (TPSA) is 56.9 Å². The molecule has 0 aliphatic heterocycles. The fourth-order valence-electron chi connectivity index (χ4n) is 1.15. The zero-order valence-corrected chi connectivity index (χ0v) is 7.46. The largest absolute Gasteiger partial charge is 0.392 e. The molecule has 1 N–H and O–H groups in total. The molecule has 3 nitrogen and oxygen atoms in total. The number of aliphatic hydroxyl groups excluding tert-OH is 1. The lowest BCUT2D eigenvalue weighted by molar-refractivity contribution is 0.150. The van der Waals surface area contributed by atoms with E-state index in [2.05, 4.69) is 4.98 Å². The van der Waals surface area contributed by atoms with Gasteiger partial charge in [-0.2, -0.15) is 5.26 Å². The number of pyridine rings is 1. The van der Waals surface area contributed by atoms with Crippen LogP contribution in [0, 0.1) is 18.3 Å². The van der Waals surface area contributed by atoms with Crippen molar-refractivity contribution in [2.24, 2.45) is 0 Å². The summed E-state index contributed by atoms with van der Waals surface area (Å²) in [5.74, 6) is 0. The number of aromatic nitrogens is 1. The van der Waals surface area contributed by atoms with Crippen LogP contribution >= 0.6 is 0 Å². The van der Waals surface area contributed by atoms with Crippen molar-refractivity contribution in [3.05, 3.63) is 28.6 Å². The molecule has 74 valence electrons. The third kappa shape index (κ3) is 1.70. The minimum absolute atomic E-state index is 0.171. The van der Waals surface area contributed by atoms with Crippen LogP contribution in [0.2, 0.25) is 0 Å². The van der Waals surface area contributed by atoms with Crippen molar-refractivity contribution in [3.63, 3.8) is 0 Å². The Morgan fingerprint density at radius 1 is 1.64 bits per heavy atom. The van der Waals surface area contributed by atoms with Crippen LogP contribution in [0.15, 0.2) is 6.20 Å². The molecule has 1 heterocycles. The molecule has 0 bridgehead atoms. The number of nitriles is 1. The van der Waals surface area contributed by atoms with E-state index in [1.54, 1.807) is 13.0 Å². The lowest BCUT2D eigenvalue weighted by atomic mass is 10.0. The molecule has 0 saturated carbocycles. The van der Waals surface area contributed by atoms with Crippen LogP contribution < -0.4 is 0 Å². The third-order valence-corrected chi connectivity index (χ3v) is 1.93. The summed E-state index contributed by atoms with van der Waals surface area (Å²) >= 11 is 0. The van der Waals surface area contributed by atoms with Gasteiger partial charge in [0.05, 0.1) is 17.7 Å². The summed E-state index contributed by atoms with van der Waals surface area (Å²) in [5, 5.41) is 17.6. The molecule has 0 aliphatic carbocycles. The molecule has 0 aliphatic rings. The van der Waals surface area contributed by atoms with Crippen molar-refractivity contribution in [2.75, 3.05) is 0 Å². The lowest BCUT2D eigenvalue weighted by Crippen LogP contribution is -2.02. The van der Waals surface area contributed by atoms with Crippen molar-refractivity contribution in [1.82, 2.24) is 4.98 Å². The van der Waals surface area contributed by atoms with Gasteiger partial charge in [0.15, 0.2) is 0 Å². The summed E-state index contributed by atoms with van der Waals surface area (Å²) in [4.78, 5) is 3.69. The molecule has 0 fully saturated rings. The summed E-state index contributed by atoms with van der Waals surface area (Å²) in [6.45, 7) is 1.10. The lowest BCUT2D eigenvalue weighted by Gasteiger charge is -2.08. The SMILES string of the molecule is Cc1ncc(C(F)F)c(C#N)c1CO. The average molecular weight is 198 g/mol. The fraction of sp³-hybridized carbons (Fsp3) is 0.333. The van der Waals surface area contributed by atoms with Crippen LogP contribution in [0.1, 0.15) is 28.8 Å². The Kier molecular flexibility index (Phi) is 3.10. The number of hydrogen-bond donors (Lipinski definition) is 1. The Hall–Kier alpha value is -1.54. The minimum Gasteiger partial charge on any atom is -0.392 e. The second-order valence-electron chi connectivity index (χ2n) is 2.72. The van der Waals surface area contributed by atoms with Gasteiger partial charge in [-0.25, -0.2) is 8.78 Å². The molecule has 0 aromatic carbocycles. The number of rotatable bonds is 2. The summed E-state index contributed by atoms with van der Waals surface area (Å²) < 4.78 is 24.8. The van der Waals surface area contributed by atoms with Crippen LogP contribution in [0.5, 0.6) is 0 Å². The number of aryl methyl sites for hydroxylation is 1. The van der Waals surface area contributed by atoms with E-state index < -0.39 is 18.6 Å². The second kappa shape index (κ2) is 4.11. The van der Waals surface area contributed by atoms with Crippen LogP contribution in [0.25, 0.3) is 0 Å². The number of hydrogen-bond acceptors (Lipinski definition) is 3. The molecule has 5 heteroatoms. The molecule has 1 aromatic rings. The molecular formula is C9H8F2N2O. The average Bonchev–Trinajstić information content (AvgIpc) is 2.16. The van der Waals surface area contributed by atoms with E-state index in [1.807, 2.05) is 0 Å². The van der Waals surface area contributed by atoms with Crippen LogP contribution in [-0.4, -0.2) is 10.1 Å². The monoisotopic (exact) mass is 198 g/mol. The Morgan fingerprint density at radius 3 is 2.71 bits per heavy atom. The zero-order chi connectivity index (χ0) is 10.7. The number of aliphatic hydroxyl groups is 1. The van der Waals surface area contributed by atoms with E-state index >= 15 is 0 Å². The van der Waals surface area contributed by atoms with Crippen molar-refractivity contribution >= 4 is 0 Å². The number of nitrogens with zero attached hydrogens (tertiary/aromatic N) is 2. The number of halogens is 2. The van der Waals surface area contributed by atoms with Crippen LogP contribution in [0.4, 0.5) is 8.78 Å². The molecule has 0 amide bonds. The molecule has 0 radical (unpaired) electrons. The molecule has 14 heavy (non-hydrogen) atoms. The highest BCUT2D eigenvalue weighted by molar-refractivity contribution is 5.45. The quantitative estimate of drug-likeness (QED) is 0.786. The van der Waals surface area contributed by atoms with E-state index in [0.717, 1.165) is 6.20 Å². The van der Waals surface area contributed by atoms with Gasteiger partial charge in [-0.05, 0) is 6.92 Å². The first-order valence-electron chi connectivity index (χ1n) is 3.89. The van der Waals surface area contributed by atoms with Crippen LogP contribution in [0.3, 0.4) is 0 Å². The number of alkyl halides is 2. The summed E-state index contributed by atoms with van der Waals surface area (Å²) in [7, 11) is 0. The Bertz CT molecular complexity index is 385. The zero-order valence-electron chi connectivity index (χ0n) is 7.46. The van der Waals surface area contributed by atoms with E-state index in [4.69, 9.17) is 10.4 Å². The predicted octanol–water partition coefficient (Wildman–Crippen LogP) is 1.69. The molecular weight excluding hydrogens is 190 g/mol. The van der Waals surface area contributed by atoms with Gasteiger partial charge >= 0.3 is 0 Å².